The fraction of sp³-hybridized carbons (Fsp3) is 0.333. The van der Waals surface area contributed by atoms with Gasteiger partial charge in [0, 0.05) is 10.4 Å². The van der Waals surface area contributed by atoms with Gasteiger partial charge in [-0.25, -0.2) is 4.79 Å². The molecule has 0 unspecified atom stereocenters. The zero-order valence-corrected chi connectivity index (χ0v) is 13.8. The summed E-state index contributed by atoms with van der Waals surface area (Å²) in [6.45, 7) is 0. The molecule has 0 saturated carbocycles. The van der Waals surface area contributed by atoms with Crippen LogP contribution in [0.5, 0.6) is 0 Å². The number of carbonyl (C=O) groups excluding carboxylic acids is 2. The Bertz CT molecular complexity index is 685. The second-order valence-electron chi connectivity index (χ2n) is 4.62. The van der Waals surface area contributed by atoms with Gasteiger partial charge in [0.2, 0.25) is 0 Å². The van der Waals surface area contributed by atoms with Crippen molar-refractivity contribution in [3.05, 3.63) is 35.0 Å². The first kappa shape index (κ1) is 16.7. The molecule has 1 aromatic carbocycles. The molecule has 0 bridgehead atoms. The van der Waals surface area contributed by atoms with Gasteiger partial charge in [-0.2, -0.15) is 11.8 Å². The van der Waals surface area contributed by atoms with E-state index < -0.39 is 17.9 Å². The number of carbonyl (C=O) groups is 2. The van der Waals surface area contributed by atoms with E-state index in [0.29, 0.717) is 17.0 Å². The molecular formula is C15H16ClNO4S. The van der Waals surface area contributed by atoms with Crippen LogP contribution >= 0.6 is 23.4 Å². The van der Waals surface area contributed by atoms with Crippen molar-refractivity contribution >= 4 is 46.2 Å². The molecule has 0 aliphatic rings. The maximum absolute atomic E-state index is 12.2. The number of rotatable bonds is 6. The van der Waals surface area contributed by atoms with Gasteiger partial charge in [-0.15, -0.1) is 0 Å². The lowest BCUT2D eigenvalue weighted by Gasteiger charge is -2.14. The van der Waals surface area contributed by atoms with Gasteiger partial charge in [-0.05, 0) is 42.7 Å². The van der Waals surface area contributed by atoms with Crippen LogP contribution in [-0.2, 0) is 9.53 Å². The summed E-state index contributed by atoms with van der Waals surface area (Å²) in [5, 5.41) is 3.94. The summed E-state index contributed by atoms with van der Waals surface area (Å²) in [6, 6.07) is 5.99. The van der Waals surface area contributed by atoms with Gasteiger partial charge in [-0.1, -0.05) is 11.6 Å². The van der Waals surface area contributed by atoms with Gasteiger partial charge < -0.3 is 14.5 Å². The minimum absolute atomic E-state index is 0.135. The van der Waals surface area contributed by atoms with E-state index in [4.69, 9.17) is 20.8 Å². The largest absolute Gasteiger partial charge is 0.467 e. The van der Waals surface area contributed by atoms with Crippen LogP contribution in [0.25, 0.3) is 11.0 Å². The van der Waals surface area contributed by atoms with Crippen molar-refractivity contribution in [2.45, 2.75) is 12.5 Å². The molecule has 0 radical (unpaired) electrons. The maximum atomic E-state index is 12.2. The Morgan fingerprint density at radius 2 is 2.18 bits per heavy atom. The Morgan fingerprint density at radius 1 is 1.41 bits per heavy atom. The van der Waals surface area contributed by atoms with Crippen molar-refractivity contribution in [2.24, 2.45) is 0 Å². The van der Waals surface area contributed by atoms with E-state index in [1.165, 1.54) is 7.11 Å². The van der Waals surface area contributed by atoms with Crippen molar-refractivity contribution in [2.75, 3.05) is 19.1 Å². The van der Waals surface area contributed by atoms with E-state index in [9.17, 15) is 9.59 Å². The van der Waals surface area contributed by atoms with Crippen LogP contribution in [-0.4, -0.2) is 37.0 Å². The minimum atomic E-state index is -0.693. The Morgan fingerprint density at radius 3 is 2.86 bits per heavy atom. The maximum Gasteiger partial charge on any atom is 0.328 e. The smallest absolute Gasteiger partial charge is 0.328 e. The highest BCUT2D eigenvalue weighted by Crippen LogP contribution is 2.23. The normalized spacial score (nSPS) is 12.1. The van der Waals surface area contributed by atoms with Crippen LogP contribution < -0.4 is 5.32 Å². The van der Waals surface area contributed by atoms with Crippen LogP contribution in [0, 0.1) is 0 Å². The molecule has 118 valence electrons. The SMILES string of the molecule is COC(=O)[C@H](CCSC)NC(=O)c1cc2cc(Cl)ccc2o1. The number of esters is 1. The monoisotopic (exact) mass is 341 g/mol. The van der Waals surface area contributed by atoms with Crippen LogP contribution in [0.4, 0.5) is 0 Å². The number of benzene rings is 1. The fourth-order valence-electron chi connectivity index (χ4n) is 1.98. The molecule has 1 N–H and O–H groups in total. The molecule has 7 heteroatoms. The first-order valence-electron chi connectivity index (χ1n) is 6.62. The van der Waals surface area contributed by atoms with Crippen LogP contribution in [0.1, 0.15) is 17.0 Å². The first-order chi connectivity index (χ1) is 10.5. The zero-order chi connectivity index (χ0) is 16.1. The molecule has 1 amide bonds. The molecular weight excluding hydrogens is 326 g/mol. The highest BCUT2D eigenvalue weighted by molar-refractivity contribution is 7.98. The number of amides is 1. The van der Waals surface area contributed by atoms with Crippen molar-refractivity contribution in [1.82, 2.24) is 5.32 Å². The molecule has 0 fully saturated rings. The quantitative estimate of drug-likeness (QED) is 0.818. The highest BCUT2D eigenvalue weighted by atomic mass is 35.5. The summed E-state index contributed by atoms with van der Waals surface area (Å²) < 4.78 is 10.2. The molecule has 1 heterocycles. The Labute approximate surface area is 137 Å². The number of methoxy groups -OCH3 is 1. The summed E-state index contributed by atoms with van der Waals surface area (Å²) in [5.41, 5.74) is 0.563. The van der Waals surface area contributed by atoms with Crippen LogP contribution in [0.2, 0.25) is 5.02 Å². The third kappa shape index (κ3) is 3.96. The first-order valence-corrected chi connectivity index (χ1v) is 8.39. The number of ether oxygens (including phenoxy) is 1. The Balaban J connectivity index is 2.15. The predicted molar refractivity (Wildman–Crippen MR) is 87.5 cm³/mol. The van der Waals surface area contributed by atoms with Crippen LogP contribution in [0.3, 0.4) is 0 Å². The van der Waals surface area contributed by atoms with Crippen molar-refractivity contribution in [3.63, 3.8) is 0 Å². The molecule has 0 spiro atoms. The van der Waals surface area contributed by atoms with E-state index >= 15 is 0 Å². The van der Waals surface area contributed by atoms with E-state index in [1.54, 1.807) is 36.0 Å². The van der Waals surface area contributed by atoms with Gasteiger partial charge in [0.15, 0.2) is 5.76 Å². The van der Waals surface area contributed by atoms with E-state index in [0.717, 1.165) is 11.1 Å². The minimum Gasteiger partial charge on any atom is -0.467 e. The Kier molecular flexibility index (Phi) is 5.74. The number of thioether (sulfide) groups is 1. The lowest BCUT2D eigenvalue weighted by atomic mass is 10.2. The second-order valence-corrected chi connectivity index (χ2v) is 6.05. The van der Waals surface area contributed by atoms with Crippen molar-refractivity contribution < 1.29 is 18.7 Å². The number of hydrogen-bond acceptors (Lipinski definition) is 5. The molecule has 1 atom stereocenters. The van der Waals surface area contributed by atoms with Gasteiger partial charge in [0.25, 0.3) is 5.91 Å². The van der Waals surface area contributed by atoms with E-state index in [1.807, 2.05) is 6.26 Å². The summed E-state index contributed by atoms with van der Waals surface area (Å²) >= 11 is 7.49. The number of furan rings is 1. The number of fused-ring (bicyclic) bond motifs is 1. The zero-order valence-electron chi connectivity index (χ0n) is 12.2. The molecule has 2 rings (SSSR count). The molecule has 1 aromatic heterocycles. The number of halogens is 1. The van der Waals surface area contributed by atoms with Gasteiger partial charge in [0.1, 0.15) is 11.6 Å². The van der Waals surface area contributed by atoms with E-state index in [-0.39, 0.29) is 5.76 Å². The summed E-state index contributed by atoms with van der Waals surface area (Å²) in [4.78, 5) is 23.9. The third-order valence-corrected chi connectivity index (χ3v) is 3.98. The third-order valence-electron chi connectivity index (χ3n) is 3.10. The van der Waals surface area contributed by atoms with E-state index in [2.05, 4.69) is 5.32 Å². The predicted octanol–water partition coefficient (Wildman–Crippen LogP) is 3.11. The molecule has 0 saturated heterocycles. The lowest BCUT2D eigenvalue weighted by Crippen LogP contribution is -2.41. The van der Waals surface area contributed by atoms with Gasteiger partial charge >= 0.3 is 5.97 Å². The van der Waals surface area contributed by atoms with Crippen LogP contribution in [0.15, 0.2) is 28.7 Å². The van der Waals surface area contributed by atoms with Gasteiger partial charge in [0.05, 0.1) is 7.11 Å². The molecule has 2 aromatic rings. The molecule has 5 nitrogen and oxygen atoms in total. The summed E-state index contributed by atoms with van der Waals surface area (Å²) in [7, 11) is 1.30. The van der Waals surface area contributed by atoms with Crippen molar-refractivity contribution in [3.8, 4) is 0 Å². The number of nitrogens with one attached hydrogen (secondary N) is 1. The highest BCUT2D eigenvalue weighted by Gasteiger charge is 2.23. The summed E-state index contributed by atoms with van der Waals surface area (Å²) in [5.74, 6) is -0.0591. The topological polar surface area (TPSA) is 68.5 Å². The Hall–Kier alpha value is -1.66. The average molecular weight is 342 g/mol. The molecule has 22 heavy (non-hydrogen) atoms. The van der Waals surface area contributed by atoms with Crippen molar-refractivity contribution in [1.29, 1.82) is 0 Å². The average Bonchev–Trinajstić information content (AvgIpc) is 2.93. The molecule has 0 aliphatic heterocycles. The second kappa shape index (κ2) is 7.56. The van der Waals surface area contributed by atoms with Gasteiger partial charge in [-0.3, -0.25) is 4.79 Å². The summed E-state index contributed by atoms with van der Waals surface area (Å²) in [6.07, 6.45) is 2.42. The fourth-order valence-corrected chi connectivity index (χ4v) is 2.63. The number of hydrogen-bond donors (Lipinski definition) is 1. The lowest BCUT2D eigenvalue weighted by molar-refractivity contribution is -0.142. The molecule has 0 aliphatic carbocycles. The standard InChI is InChI=1S/C15H16ClNO4S/c1-20-15(19)11(5-6-22-2)17-14(18)13-8-9-7-10(16)3-4-12(9)21-13/h3-4,7-8,11H,5-6H2,1-2H3,(H,17,18)/t11-/m0/s1.